The standard InChI is InChI=1S/C24H18ClN5O3S2/c1-13-18-22(35-19(13)20(26)31)27-24(30(23(18)32)11-14-5-3-2-4-6-14)34-12-17-28-29-21(33-17)15-7-9-16(25)10-8-15/h2-10H,11-12H2,1H3,(H2,26,31). The lowest BCUT2D eigenvalue weighted by Gasteiger charge is -2.12. The molecule has 3 heterocycles. The van der Waals surface area contributed by atoms with Crippen LogP contribution in [0, 0.1) is 6.92 Å². The van der Waals surface area contributed by atoms with Crippen molar-refractivity contribution in [3.63, 3.8) is 0 Å². The smallest absolute Gasteiger partial charge is 0.263 e. The SMILES string of the molecule is Cc1c(C(N)=O)sc2nc(SCc3nnc(-c4ccc(Cl)cc4)o3)n(Cc3ccccc3)c(=O)c12. The van der Waals surface area contributed by atoms with Gasteiger partial charge in [0, 0.05) is 10.6 Å². The van der Waals surface area contributed by atoms with E-state index in [9.17, 15) is 9.59 Å². The molecule has 2 aromatic carbocycles. The highest BCUT2D eigenvalue weighted by Crippen LogP contribution is 2.30. The van der Waals surface area contributed by atoms with Gasteiger partial charge in [0.15, 0.2) is 5.16 Å². The van der Waals surface area contributed by atoms with Crippen LogP contribution >= 0.6 is 34.7 Å². The number of nitrogens with two attached hydrogens (primary N) is 1. The van der Waals surface area contributed by atoms with Crippen molar-refractivity contribution in [3.8, 4) is 11.5 Å². The molecule has 0 fully saturated rings. The lowest BCUT2D eigenvalue weighted by Crippen LogP contribution is -2.24. The number of amides is 1. The maximum atomic E-state index is 13.5. The highest BCUT2D eigenvalue weighted by molar-refractivity contribution is 7.98. The zero-order valence-electron chi connectivity index (χ0n) is 18.4. The fraction of sp³-hybridized carbons (Fsp3) is 0.125. The molecule has 0 bridgehead atoms. The van der Waals surface area contributed by atoms with E-state index in [0.717, 1.165) is 22.5 Å². The van der Waals surface area contributed by atoms with Crippen molar-refractivity contribution < 1.29 is 9.21 Å². The van der Waals surface area contributed by atoms with E-state index in [-0.39, 0.29) is 5.56 Å². The van der Waals surface area contributed by atoms with E-state index in [2.05, 4.69) is 10.2 Å². The average Bonchev–Trinajstić information content (AvgIpc) is 3.45. The second-order valence-electron chi connectivity index (χ2n) is 7.67. The molecule has 5 aromatic rings. The molecule has 176 valence electrons. The lowest BCUT2D eigenvalue weighted by atomic mass is 10.2. The molecular weight excluding hydrogens is 506 g/mol. The summed E-state index contributed by atoms with van der Waals surface area (Å²) < 4.78 is 7.40. The van der Waals surface area contributed by atoms with Gasteiger partial charge in [-0.25, -0.2) is 4.98 Å². The first-order valence-corrected chi connectivity index (χ1v) is 12.7. The summed E-state index contributed by atoms with van der Waals surface area (Å²) in [5, 5.41) is 9.74. The zero-order chi connectivity index (χ0) is 24.5. The number of thioether (sulfide) groups is 1. The van der Waals surface area contributed by atoms with Crippen LogP contribution in [0.25, 0.3) is 21.7 Å². The third-order valence-electron chi connectivity index (χ3n) is 5.31. The Labute approximate surface area is 212 Å². The Morgan fingerprint density at radius 3 is 2.60 bits per heavy atom. The van der Waals surface area contributed by atoms with Crippen LogP contribution in [0.1, 0.15) is 26.7 Å². The van der Waals surface area contributed by atoms with Crippen LogP contribution in [0.4, 0.5) is 0 Å². The fourth-order valence-electron chi connectivity index (χ4n) is 3.60. The van der Waals surface area contributed by atoms with Gasteiger partial charge in [-0.05, 0) is 42.3 Å². The number of halogens is 1. The van der Waals surface area contributed by atoms with Crippen molar-refractivity contribution in [2.75, 3.05) is 0 Å². The number of aromatic nitrogens is 4. The number of fused-ring (bicyclic) bond motifs is 1. The van der Waals surface area contributed by atoms with Gasteiger partial charge in [-0.15, -0.1) is 21.5 Å². The van der Waals surface area contributed by atoms with Crippen molar-refractivity contribution in [1.82, 2.24) is 19.7 Å². The Hall–Kier alpha value is -3.47. The molecule has 3 aromatic heterocycles. The normalized spacial score (nSPS) is 11.3. The molecule has 0 unspecified atom stereocenters. The molecule has 0 saturated heterocycles. The van der Waals surface area contributed by atoms with Crippen molar-refractivity contribution in [1.29, 1.82) is 0 Å². The molecule has 1 amide bonds. The number of carbonyl (C=O) groups excluding carboxylic acids is 1. The van der Waals surface area contributed by atoms with Crippen LogP contribution in [-0.2, 0) is 12.3 Å². The number of thiophene rings is 1. The highest BCUT2D eigenvalue weighted by Gasteiger charge is 2.21. The average molecular weight is 524 g/mol. The minimum Gasteiger partial charge on any atom is -0.420 e. The highest BCUT2D eigenvalue weighted by atomic mass is 35.5. The van der Waals surface area contributed by atoms with E-state index in [0.29, 0.717) is 54.9 Å². The number of carbonyl (C=O) groups is 1. The minimum atomic E-state index is -0.575. The van der Waals surface area contributed by atoms with Gasteiger partial charge < -0.3 is 10.2 Å². The van der Waals surface area contributed by atoms with Crippen molar-refractivity contribution in [2.45, 2.75) is 24.4 Å². The van der Waals surface area contributed by atoms with Gasteiger partial charge in [-0.1, -0.05) is 53.7 Å². The summed E-state index contributed by atoms with van der Waals surface area (Å²) in [6.07, 6.45) is 0. The van der Waals surface area contributed by atoms with Gasteiger partial charge in [0.2, 0.25) is 11.8 Å². The molecule has 2 N–H and O–H groups in total. The van der Waals surface area contributed by atoms with Crippen molar-refractivity contribution >= 4 is 50.8 Å². The summed E-state index contributed by atoms with van der Waals surface area (Å²) in [6, 6.07) is 16.7. The zero-order valence-corrected chi connectivity index (χ0v) is 20.8. The first kappa shape index (κ1) is 23.3. The fourth-order valence-corrected chi connectivity index (χ4v) is 5.63. The molecule has 5 rings (SSSR count). The van der Waals surface area contributed by atoms with Gasteiger partial charge in [0.25, 0.3) is 11.5 Å². The summed E-state index contributed by atoms with van der Waals surface area (Å²) in [5.74, 6) is 0.498. The van der Waals surface area contributed by atoms with Crippen LogP contribution in [0.2, 0.25) is 5.02 Å². The Morgan fingerprint density at radius 2 is 1.89 bits per heavy atom. The summed E-state index contributed by atoms with van der Waals surface area (Å²) in [4.78, 5) is 30.9. The van der Waals surface area contributed by atoms with Gasteiger partial charge >= 0.3 is 0 Å². The number of rotatable bonds is 7. The monoisotopic (exact) mass is 523 g/mol. The van der Waals surface area contributed by atoms with Crippen molar-refractivity contribution in [2.24, 2.45) is 5.73 Å². The Bertz CT molecular complexity index is 1590. The van der Waals surface area contributed by atoms with Gasteiger partial charge in [-0.3, -0.25) is 14.2 Å². The van der Waals surface area contributed by atoms with E-state index >= 15 is 0 Å². The number of primary amides is 1. The first-order valence-electron chi connectivity index (χ1n) is 10.5. The second kappa shape index (κ2) is 9.65. The second-order valence-corrected chi connectivity index (χ2v) is 10.0. The number of hydrogen-bond acceptors (Lipinski definition) is 8. The third-order valence-corrected chi connectivity index (χ3v) is 7.72. The summed E-state index contributed by atoms with van der Waals surface area (Å²) in [7, 11) is 0. The molecule has 0 radical (unpaired) electrons. The van der Waals surface area contributed by atoms with Crippen LogP contribution in [-0.4, -0.2) is 25.7 Å². The first-order chi connectivity index (χ1) is 16.9. The Kier molecular flexibility index (Phi) is 6.42. The molecule has 0 spiro atoms. The van der Waals surface area contributed by atoms with Gasteiger partial charge in [0.05, 0.1) is 22.6 Å². The van der Waals surface area contributed by atoms with E-state index in [1.165, 1.54) is 11.8 Å². The van der Waals surface area contributed by atoms with Gasteiger partial charge in [-0.2, -0.15) is 0 Å². The third kappa shape index (κ3) is 4.72. The summed E-state index contributed by atoms with van der Waals surface area (Å²) >= 11 is 8.38. The molecule has 35 heavy (non-hydrogen) atoms. The molecular formula is C24H18ClN5O3S2. The summed E-state index contributed by atoms with van der Waals surface area (Å²) in [5.41, 5.74) is 7.55. The van der Waals surface area contributed by atoms with Crippen LogP contribution < -0.4 is 11.3 Å². The quantitative estimate of drug-likeness (QED) is 0.238. The number of aryl methyl sites for hydroxylation is 1. The molecule has 0 aliphatic heterocycles. The Balaban J connectivity index is 1.51. The van der Waals surface area contributed by atoms with Crippen LogP contribution in [0.3, 0.4) is 0 Å². The van der Waals surface area contributed by atoms with Crippen molar-refractivity contribution in [3.05, 3.63) is 91.9 Å². The predicted octanol–water partition coefficient (Wildman–Crippen LogP) is 4.91. The van der Waals surface area contributed by atoms with Crippen LogP contribution in [0.5, 0.6) is 0 Å². The largest absolute Gasteiger partial charge is 0.420 e. The molecule has 0 aliphatic rings. The van der Waals surface area contributed by atoms with Gasteiger partial charge in [0.1, 0.15) is 4.83 Å². The van der Waals surface area contributed by atoms with E-state index < -0.39 is 5.91 Å². The number of hydrogen-bond donors (Lipinski definition) is 1. The lowest BCUT2D eigenvalue weighted by molar-refractivity contribution is 0.100. The molecule has 11 heteroatoms. The molecule has 0 aliphatic carbocycles. The van der Waals surface area contributed by atoms with Crippen LogP contribution in [0.15, 0.2) is 69.0 Å². The topological polar surface area (TPSA) is 117 Å². The minimum absolute atomic E-state index is 0.227. The van der Waals surface area contributed by atoms with E-state index in [1.807, 2.05) is 30.3 Å². The number of benzene rings is 2. The summed E-state index contributed by atoms with van der Waals surface area (Å²) in [6.45, 7) is 2.05. The Morgan fingerprint density at radius 1 is 1.14 bits per heavy atom. The maximum absolute atomic E-state index is 13.5. The van der Waals surface area contributed by atoms with E-state index in [4.69, 9.17) is 26.7 Å². The molecule has 8 nitrogen and oxygen atoms in total. The number of nitrogens with zero attached hydrogens (tertiary/aromatic N) is 4. The maximum Gasteiger partial charge on any atom is 0.263 e. The molecule has 0 atom stereocenters. The molecule has 0 saturated carbocycles. The van der Waals surface area contributed by atoms with E-state index in [1.54, 1.807) is 35.8 Å². The predicted molar refractivity (Wildman–Crippen MR) is 137 cm³/mol.